The van der Waals surface area contributed by atoms with Crippen molar-refractivity contribution in [3.8, 4) is 6.07 Å². The van der Waals surface area contributed by atoms with Crippen molar-refractivity contribution in [1.29, 1.82) is 5.26 Å². The number of pyridine rings is 1. The minimum Gasteiger partial charge on any atom is -0.390 e. The highest BCUT2D eigenvalue weighted by molar-refractivity contribution is 5.46. The summed E-state index contributed by atoms with van der Waals surface area (Å²) in [6, 6.07) is 15.1. The van der Waals surface area contributed by atoms with Gasteiger partial charge in [0.1, 0.15) is 17.6 Å². The van der Waals surface area contributed by atoms with Gasteiger partial charge >= 0.3 is 0 Å². The lowest BCUT2D eigenvalue weighted by molar-refractivity contribution is 0.165. The van der Waals surface area contributed by atoms with Crippen LogP contribution in [-0.4, -0.2) is 16.2 Å². The highest BCUT2D eigenvalue weighted by atomic mass is 16.3. The average molecular weight is 251 g/mol. The first-order chi connectivity index (χ1) is 9.28. The normalized spacial score (nSPS) is 20.6. The second-order valence-corrected chi connectivity index (χ2v) is 4.61. The fourth-order valence-electron chi connectivity index (χ4n) is 2.48. The third-order valence-corrected chi connectivity index (χ3v) is 3.37. The zero-order chi connectivity index (χ0) is 13.2. The zero-order valence-electron chi connectivity index (χ0n) is 10.2. The van der Waals surface area contributed by atoms with Crippen LogP contribution in [0.15, 0.2) is 42.5 Å². The first-order valence-electron chi connectivity index (χ1n) is 6.17. The number of aliphatic hydroxyl groups excluding tert-OH is 1. The molecule has 19 heavy (non-hydrogen) atoms. The molecule has 0 amide bonds. The molecule has 0 unspecified atom stereocenters. The van der Waals surface area contributed by atoms with E-state index >= 15 is 0 Å². The number of rotatable bonds is 2. The second-order valence-electron chi connectivity index (χ2n) is 4.61. The number of nitrogens with one attached hydrogen (secondary N) is 1. The Hall–Kier alpha value is -2.38. The van der Waals surface area contributed by atoms with Crippen molar-refractivity contribution in [2.24, 2.45) is 0 Å². The van der Waals surface area contributed by atoms with E-state index in [1.807, 2.05) is 30.3 Å². The molecule has 3 rings (SSSR count). The number of benzene rings is 1. The van der Waals surface area contributed by atoms with Crippen LogP contribution < -0.4 is 5.32 Å². The standard InChI is InChI=1S/C15H13N3O/c16-9-11-5-3-7-14(17-11)18-15-12-6-2-1-4-10(12)8-13(15)19/h1-7,13,15,19H,8H2,(H,17,18)/t13-,15+/m1/s1. The Bertz CT molecular complexity index is 648. The molecular formula is C15H13N3O. The molecule has 1 heterocycles. The van der Waals surface area contributed by atoms with Crippen LogP contribution >= 0.6 is 0 Å². The minimum atomic E-state index is -0.468. The molecule has 0 fully saturated rings. The van der Waals surface area contributed by atoms with Crippen LogP contribution in [0.5, 0.6) is 0 Å². The van der Waals surface area contributed by atoms with Crippen molar-refractivity contribution in [3.63, 3.8) is 0 Å². The first kappa shape index (κ1) is 11.7. The van der Waals surface area contributed by atoms with Gasteiger partial charge in [-0.3, -0.25) is 0 Å². The predicted octanol–water partition coefficient (Wildman–Crippen LogP) is 2.02. The maximum Gasteiger partial charge on any atom is 0.142 e. The first-order valence-corrected chi connectivity index (χ1v) is 6.17. The summed E-state index contributed by atoms with van der Waals surface area (Å²) in [6.07, 6.45) is 0.177. The summed E-state index contributed by atoms with van der Waals surface area (Å²) in [5, 5.41) is 22.2. The van der Waals surface area contributed by atoms with Gasteiger partial charge in [0.2, 0.25) is 0 Å². The maximum absolute atomic E-state index is 10.1. The van der Waals surface area contributed by atoms with Crippen molar-refractivity contribution in [1.82, 2.24) is 4.98 Å². The molecule has 1 aliphatic rings. The number of anilines is 1. The molecule has 0 bridgehead atoms. The number of nitrogens with zero attached hydrogens (tertiary/aromatic N) is 2. The molecule has 4 nitrogen and oxygen atoms in total. The van der Waals surface area contributed by atoms with Gasteiger partial charge in [0.05, 0.1) is 12.1 Å². The summed E-state index contributed by atoms with van der Waals surface area (Å²) in [5.74, 6) is 0.611. The molecular weight excluding hydrogens is 238 g/mol. The molecule has 0 saturated carbocycles. The van der Waals surface area contributed by atoms with Crippen molar-refractivity contribution in [3.05, 3.63) is 59.3 Å². The lowest BCUT2D eigenvalue weighted by Crippen LogP contribution is -2.21. The van der Waals surface area contributed by atoms with E-state index < -0.39 is 6.10 Å². The van der Waals surface area contributed by atoms with Gasteiger partial charge in [0.25, 0.3) is 0 Å². The van der Waals surface area contributed by atoms with Gasteiger partial charge in [-0.25, -0.2) is 4.98 Å². The highest BCUT2D eigenvalue weighted by Crippen LogP contribution is 2.33. The van der Waals surface area contributed by atoms with Crippen LogP contribution in [0.4, 0.5) is 5.82 Å². The quantitative estimate of drug-likeness (QED) is 0.856. The average Bonchev–Trinajstić information content (AvgIpc) is 2.76. The Morgan fingerprint density at radius 3 is 2.89 bits per heavy atom. The van der Waals surface area contributed by atoms with E-state index in [0.717, 1.165) is 11.1 Å². The van der Waals surface area contributed by atoms with E-state index in [1.54, 1.807) is 18.2 Å². The van der Waals surface area contributed by atoms with Gasteiger partial charge in [0.15, 0.2) is 0 Å². The Labute approximate surface area is 111 Å². The molecule has 4 heteroatoms. The van der Waals surface area contributed by atoms with Crippen LogP contribution in [0.2, 0.25) is 0 Å². The number of aliphatic hydroxyl groups is 1. The maximum atomic E-state index is 10.1. The van der Waals surface area contributed by atoms with Crippen LogP contribution in [0.1, 0.15) is 22.9 Å². The Morgan fingerprint density at radius 2 is 2.05 bits per heavy atom. The number of nitriles is 1. The van der Waals surface area contributed by atoms with Crippen molar-refractivity contribution in [2.45, 2.75) is 18.6 Å². The van der Waals surface area contributed by atoms with Crippen molar-refractivity contribution < 1.29 is 5.11 Å². The van der Waals surface area contributed by atoms with Crippen LogP contribution in [0.25, 0.3) is 0 Å². The lowest BCUT2D eigenvalue weighted by atomic mass is 10.1. The van der Waals surface area contributed by atoms with Gasteiger partial charge < -0.3 is 10.4 Å². The smallest absolute Gasteiger partial charge is 0.142 e. The van der Waals surface area contributed by atoms with Crippen LogP contribution in [0, 0.1) is 11.3 Å². The van der Waals surface area contributed by atoms with E-state index in [4.69, 9.17) is 5.26 Å². The molecule has 2 aromatic rings. The van der Waals surface area contributed by atoms with E-state index in [1.165, 1.54) is 0 Å². The Morgan fingerprint density at radius 1 is 1.21 bits per heavy atom. The van der Waals surface area contributed by atoms with Gasteiger partial charge in [-0.2, -0.15) is 5.26 Å². The van der Waals surface area contributed by atoms with E-state index in [9.17, 15) is 5.11 Å². The predicted molar refractivity (Wildman–Crippen MR) is 71.5 cm³/mol. The SMILES string of the molecule is N#Cc1cccc(N[C@H]2c3ccccc3C[C@H]2O)n1. The van der Waals surface area contributed by atoms with E-state index in [0.29, 0.717) is 17.9 Å². The zero-order valence-corrected chi connectivity index (χ0v) is 10.2. The molecule has 94 valence electrons. The fourth-order valence-corrected chi connectivity index (χ4v) is 2.48. The van der Waals surface area contributed by atoms with E-state index in [2.05, 4.69) is 10.3 Å². The Balaban J connectivity index is 1.89. The molecule has 1 aliphatic carbocycles. The second kappa shape index (κ2) is 4.71. The highest BCUT2D eigenvalue weighted by Gasteiger charge is 2.30. The number of fused-ring (bicyclic) bond motifs is 1. The van der Waals surface area contributed by atoms with E-state index in [-0.39, 0.29) is 6.04 Å². The number of hydrogen-bond acceptors (Lipinski definition) is 4. The topological polar surface area (TPSA) is 68.9 Å². The molecule has 2 N–H and O–H groups in total. The van der Waals surface area contributed by atoms with Gasteiger partial charge in [0, 0.05) is 6.42 Å². The van der Waals surface area contributed by atoms with Crippen LogP contribution in [-0.2, 0) is 6.42 Å². The number of aromatic nitrogens is 1. The van der Waals surface area contributed by atoms with Gasteiger partial charge in [-0.15, -0.1) is 0 Å². The summed E-state index contributed by atoms with van der Waals surface area (Å²) in [4.78, 5) is 4.18. The monoisotopic (exact) mass is 251 g/mol. The summed E-state index contributed by atoms with van der Waals surface area (Å²) < 4.78 is 0. The largest absolute Gasteiger partial charge is 0.390 e. The summed E-state index contributed by atoms with van der Waals surface area (Å²) in [5.41, 5.74) is 2.62. The third kappa shape index (κ3) is 2.16. The van der Waals surface area contributed by atoms with Gasteiger partial charge in [-0.05, 0) is 23.3 Å². The fraction of sp³-hybridized carbons (Fsp3) is 0.200. The van der Waals surface area contributed by atoms with Crippen molar-refractivity contribution in [2.75, 3.05) is 5.32 Å². The minimum absolute atomic E-state index is 0.169. The molecule has 0 spiro atoms. The van der Waals surface area contributed by atoms with Crippen molar-refractivity contribution >= 4 is 5.82 Å². The molecule has 1 aromatic carbocycles. The summed E-state index contributed by atoms with van der Waals surface area (Å²) in [6.45, 7) is 0. The third-order valence-electron chi connectivity index (χ3n) is 3.37. The van der Waals surface area contributed by atoms with Crippen LogP contribution in [0.3, 0.4) is 0 Å². The summed E-state index contributed by atoms with van der Waals surface area (Å²) >= 11 is 0. The lowest BCUT2D eigenvalue weighted by Gasteiger charge is -2.18. The number of hydrogen-bond donors (Lipinski definition) is 2. The Kier molecular flexibility index (Phi) is 2.90. The van der Waals surface area contributed by atoms with Gasteiger partial charge in [-0.1, -0.05) is 30.3 Å². The summed E-state index contributed by atoms with van der Waals surface area (Å²) in [7, 11) is 0. The molecule has 0 aliphatic heterocycles. The molecule has 2 atom stereocenters. The molecule has 0 saturated heterocycles. The molecule has 1 aromatic heterocycles. The molecule has 0 radical (unpaired) electrons.